The number of alkyl halides is 3. The Morgan fingerprint density at radius 3 is 2.40 bits per heavy atom. The van der Waals surface area contributed by atoms with Gasteiger partial charge in [-0.25, -0.2) is 4.39 Å². The Morgan fingerprint density at radius 1 is 1.12 bits per heavy atom. The summed E-state index contributed by atoms with van der Waals surface area (Å²) >= 11 is 0. The van der Waals surface area contributed by atoms with E-state index in [1.54, 1.807) is 0 Å². The molecular formula is C28H33F4N5O3. The Bertz CT molecular complexity index is 1360. The maximum atomic E-state index is 15.7. The number of piperazine rings is 1. The van der Waals surface area contributed by atoms with Gasteiger partial charge in [-0.3, -0.25) is 19.4 Å². The van der Waals surface area contributed by atoms with Crippen LogP contribution >= 0.6 is 0 Å². The number of aromatic nitrogens is 1. The molecule has 3 aliphatic rings. The summed E-state index contributed by atoms with van der Waals surface area (Å²) in [5.74, 6) is -1.51. The summed E-state index contributed by atoms with van der Waals surface area (Å²) in [4.78, 5) is 33.4. The van der Waals surface area contributed by atoms with Gasteiger partial charge in [0.05, 0.1) is 41.8 Å². The van der Waals surface area contributed by atoms with E-state index in [0.717, 1.165) is 18.3 Å². The van der Waals surface area contributed by atoms with Crippen molar-refractivity contribution in [2.75, 3.05) is 56.7 Å². The molecule has 0 aliphatic carbocycles. The molecule has 0 bridgehead atoms. The number of anilines is 2. The molecule has 5 rings (SSSR count). The molecule has 1 amide bonds. The lowest BCUT2D eigenvalue weighted by molar-refractivity contribution is -0.138. The number of pyridine rings is 1. The van der Waals surface area contributed by atoms with Crippen LogP contribution < -0.4 is 15.8 Å². The molecule has 3 aliphatic heterocycles. The first-order chi connectivity index (χ1) is 18.9. The molecule has 2 atom stereocenters. The number of ether oxygens (including phenoxy) is 1. The molecule has 4 heterocycles. The van der Waals surface area contributed by atoms with Gasteiger partial charge in [-0.2, -0.15) is 13.2 Å². The van der Waals surface area contributed by atoms with Crippen molar-refractivity contribution in [3.63, 3.8) is 0 Å². The first-order valence-corrected chi connectivity index (χ1v) is 13.3. The van der Waals surface area contributed by atoms with Gasteiger partial charge < -0.3 is 19.9 Å². The van der Waals surface area contributed by atoms with Crippen molar-refractivity contribution >= 4 is 22.9 Å². The lowest BCUT2D eigenvalue weighted by Crippen LogP contribution is -2.55. The first-order valence-electron chi connectivity index (χ1n) is 13.3. The molecule has 2 aromatic rings. The second-order valence-electron chi connectivity index (χ2n) is 10.9. The molecule has 2 fully saturated rings. The van der Waals surface area contributed by atoms with Gasteiger partial charge in [-0.05, 0) is 45.0 Å². The molecule has 40 heavy (non-hydrogen) atoms. The largest absolute Gasteiger partial charge is 0.417 e. The van der Waals surface area contributed by atoms with E-state index >= 15 is 4.39 Å². The molecule has 2 saturated heterocycles. The molecule has 8 nitrogen and oxygen atoms in total. The third kappa shape index (κ3) is 5.65. The lowest BCUT2D eigenvalue weighted by atomic mass is 9.96. The Morgan fingerprint density at radius 2 is 1.82 bits per heavy atom. The van der Waals surface area contributed by atoms with Crippen LogP contribution in [-0.4, -0.2) is 85.3 Å². The number of amides is 1. The highest BCUT2D eigenvalue weighted by Gasteiger charge is 2.36. The van der Waals surface area contributed by atoms with Crippen LogP contribution in [0.4, 0.5) is 28.9 Å². The molecule has 12 heteroatoms. The Balaban J connectivity index is 1.52. The van der Waals surface area contributed by atoms with Crippen molar-refractivity contribution in [1.82, 2.24) is 14.8 Å². The van der Waals surface area contributed by atoms with Crippen molar-refractivity contribution in [2.24, 2.45) is 0 Å². The average Bonchev–Trinajstić information content (AvgIpc) is 2.86. The van der Waals surface area contributed by atoms with E-state index in [1.165, 1.54) is 12.1 Å². The topological polar surface area (TPSA) is 80.9 Å². The summed E-state index contributed by atoms with van der Waals surface area (Å²) in [5, 5.41) is 2.61. The van der Waals surface area contributed by atoms with Crippen LogP contribution in [0.5, 0.6) is 0 Å². The standard InChI is InChI=1S/C28H33F4N5O3/c1-16-12-37(13-17(2)35(16)3)25-10-23(29)20(18-4-6-36(7-5-18)19-14-40-15-19)8-24(25)34-27(39)21-11-33-26(38)9-22(21)28(30,31)32/h4,8-11,16-17,19H,5-7,12-15H2,1-3H3,(H,33,38)(H,34,39)/t16-,17+. The minimum atomic E-state index is -4.91. The average molecular weight is 564 g/mol. The van der Waals surface area contributed by atoms with Crippen molar-refractivity contribution in [1.29, 1.82) is 0 Å². The summed E-state index contributed by atoms with van der Waals surface area (Å²) in [6.07, 6.45) is -1.62. The van der Waals surface area contributed by atoms with Crippen molar-refractivity contribution in [3.05, 3.63) is 63.3 Å². The molecule has 2 N–H and O–H groups in total. The van der Waals surface area contributed by atoms with Gasteiger partial charge in [0.1, 0.15) is 5.82 Å². The zero-order chi connectivity index (χ0) is 28.8. The Hall–Kier alpha value is -3.22. The second kappa shape index (κ2) is 11.0. The molecule has 0 saturated carbocycles. The number of benzene rings is 1. The van der Waals surface area contributed by atoms with Gasteiger partial charge in [0.15, 0.2) is 0 Å². The summed E-state index contributed by atoms with van der Waals surface area (Å²) in [7, 11) is 2.00. The fourth-order valence-corrected chi connectivity index (χ4v) is 5.55. The fraction of sp³-hybridized carbons (Fsp3) is 0.500. The number of aromatic amines is 1. The summed E-state index contributed by atoms with van der Waals surface area (Å²) in [5.41, 5.74) is -1.36. The minimum absolute atomic E-state index is 0.119. The van der Waals surface area contributed by atoms with Gasteiger partial charge >= 0.3 is 6.18 Å². The van der Waals surface area contributed by atoms with E-state index in [0.29, 0.717) is 62.6 Å². The molecule has 0 unspecified atom stereocenters. The first kappa shape index (κ1) is 28.3. The van der Waals surface area contributed by atoms with Crippen LogP contribution in [0, 0.1) is 5.82 Å². The number of rotatable bonds is 5. The number of likely N-dealkylation sites (N-methyl/N-ethyl adjacent to an activating group) is 1. The van der Waals surface area contributed by atoms with E-state index in [1.807, 2.05) is 31.9 Å². The van der Waals surface area contributed by atoms with Crippen LogP contribution in [-0.2, 0) is 10.9 Å². The zero-order valence-electron chi connectivity index (χ0n) is 22.6. The maximum Gasteiger partial charge on any atom is 0.417 e. The van der Waals surface area contributed by atoms with E-state index in [-0.39, 0.29) is 17.8 Å². The van der Waals surface area contributed by atoms with Gasteiger partial charge in [0.25, 0.3) is 5.91 Å². The normalized spacial score (nSPS) is 23.1. The molecule has 0 radical (unpaired) electrons. The van der Waals surface area contributed by atoms with Gasteiger partial charge in [-0.15, -0.1) is 0 Å². The van der Waals surface area contributed by atoms with E-state index in [2.05, 4.69) is 20.1 Å². The predicted octanol–water partition coefficient (Wildman–Crippen LogP) is 3.80. The van der Waals surface area contributed by atoms with Crippen LogP contribution in [0.2, 0.25) is 0 Å². The Labute approximate surface area is 229 Å². The van der Waals surface area contributed by atoms with Crippen LogP contribution in [0.3, 0.4) is 0 Å². The monoisotopic (exact) mass is 563 g/mol. The third-order valence-corrected chi connectivity index (χ3v) is 8.23. The molecule has 1 aromatic carbocycles. The second-order valence-corrected chi connectivity index (χ2v) is 10.9. The molecule has 0 spiro atoms. The number of carbonyl (C=O) groups is 1. The summed E-state index contributed by atoms with van der Waals surface area (Å²) < 4.78 is 62.0. The summed E-state index contributed by atoms with van der Waals surface area (Å²) in [6, 6.07) is 3.83. The number of nitrogens with zero attached hydrogens (tertiary/aromatic N) is 3. The van der Waals surface area contributed by atoms with Gasteiger partial charge in [0.2, 0.25) is 5.56 Å². The highest BCUT2D eigenvalue weighted by atomic mass is 19.4. The fourth-order valence-electron chi connectivity index (χ4n) is 5.55. The quantitative estimate of drug-likeness (QED) is 0.539. The molecular weight excluding hydrogens is 530 g/mol. The van der Waals surface area contributed by atoms with Crippen molar-refractivity contribution in [3.8, 4) is 0 Å². The maximum absolute atomic E-state index is 15.7. The number of halogens is 4. The van der Waals surface area contributed by atoms with Crippen LogP contribution in [0.1, 0.15) is 41.8 Å². The Kier molecular flexibility index (Phi) is 7.77. The van der Waals surface area contributed by atoms with E-state index in [9.17, 15) is 22.8 Å². The van der Waals surface area contributed by atoms with Crippen LogP contribution in [0.25, 0.3) is 5.57 Å². The van der Waals surface area contributed by atoms with Crippen molar-refractivity contribution in [2.45, 2.75) is 44.6 Å². The lowest BCUT2D eigenvalue weighted by Gasteiger charge is -2.44. The zero-order valence-corrected chi connectivity index (χ0v) is 22.6. The highest BCUT2D eigenvalue weighted by molar-refractivity contribution is 6.07. The molecule has 216 valence electrons. The van der Waals surface area contributed by atoms with Crippen LogP contribution in [0.15, 0.2) is 35.3 Å². The number of H-pyrrole nitrogens is 1. The van der Waals surface area contributed by atoms with Gasteiger partial charge in [0, 0.05) is 56.1 Å². The number of hydrogen-bond acceptors (Lipinski definition) is 6. The number of carbonyl (C=O) groups excluding carboxylic acids is 1. The highest BCUT2D eigenvalue weighted by Crippen LogP contribution is 2.37. The number of hydrogen-bond donors (Lipinski definition) is 2. The van der Waals surface area contributed by atoms with Gasteiger partial charge in [-0.1, -0.05) is 6.08 Å². The van der Waals surface area contributed by atoms with E-state index < -0.39 is 34.6 Å². The number of nitrogens with one attached hydrogen (secondary N) is 2. The summed E-state index contributed by atoms with van der Waals surface area (Å²) in [6.45, 7) is 7.85. The molecule has 1 aromatic heterocycles. The minimum Gasteiger partial charge on any atom is -0.378 e. The van der Waals surface area contributed by atoms with E-state index in [4.69, 9.17) is 4.74 Å². The smallest absolute Gasteiger partial charge is 0.378 e. The van der Waals surface area contributed by atoms with Crippen molar-refractivity contribution < 1.29 is 27.1 Å². The SMILES string of the molecule is C[C@@H]1CN(c2cc(F)c(C3=CCN(C4COC4)CC3)cc2NC(=O)c2c[nH]c(=O)cc2C(F)(F)F)C[C@H](C)N1C. The predicted molar refractivity (Wildman–Crippen MR) is 144 cm³/mol. The third-order valence-electron chi connectivity index (χ3n) is 8.23.